The third kappa shape index (κ3) is 5.38. The van der Waals surface area contributed by atoms with E-state index in [4.69, 9.17) is 0 Å². The minimum atomic E-state index is -6.14. The lowest BCUT2D eigenvalue weighted by Crippen LogP contribution is -2.54. The molecule has 2 aliphatic rings. The number of nitrogens with one attached hydrogen (secondary N) is 1. The fourth-order valence-corrected chi connectivity index (χ4v) is 6.89. The summed E-state index contributed by atoms with van der Waals surface area (Å²) in [6.07, 6.45) is -12.2. The van der Waals surface area contributed by atoms with E-state index in [1.807, 2.05) is 0 Å². The molecule has 0 saturated heterocycles. The van der Waals surface area contributed by atoms with Gasteiger partial charge in [-0.05, 0) is 68.0 Å². The molecular formula is C25H25F7N2O5S. The fourth-order valence-electron chi connectivity index (χ4n) is 5.17. The van der Waals surface area contributed by atoms with Crippen molar-refractivity contribution in [3.63, 3.8) is 0 Å². The molecule has 2 aromatic carbocycles. The van der Waals surface area contributed by atoms with Gasteiger partial charge in [-0.1, -0.05) is 12.1 Å². The molecule has 0 aromatic heterocycles. The number of carbonyl (C=O) groups is 1. The molecule has 7 nitrogen and oxygen atoms in total. The van der Waals surface area contributed by atoms with Gasteiger partial charge < -0.3 is 15.5 Å². The van der Waals surface area contributed by atoms with Crippen molar-refractivity contribution in [1.82, 2.24) is 5.32 Å². The maximum atomic E-state index is 13.7. The molecule has 3 atom stereocenters. The Hall–Kier alpha value is -2.91. The van der Waals surface area contributed by atoms with Crippen molar-refractivity contribution in [2.75, 3.05) is 4.31 Å². The van der Waals surface area contributed by atoms with Gasteiger partial charge in [-0.25, -0.2) is 12.8 Å². The molecule has 1 heterocycles. The molecule has 40 heavy (non-hydrogen) atoms. The first-order valence-corrected chi connectivity index (χ1v) is 13.7. The highest BCUT2D eigenvalue weighted by molar-refractivity contribution is 7.92. The predicted octanol–water partition coefficient (Wildman–Crippen LogP) is 4.07. The quantitative estimate of drug-likeness (QED) is 0.435. The number of rotatable bonds is 6. The molecular weight excluding hydrogens is 573 g/mol. The van der Waals surface area contributed by atoms with E-state index in [9.17, 15) is 54.2 Å². The number of aliphatic hydroxyl groups excluding tert-OH is 1. The molecule has 1 amide bonds. The average molecular weight is 599 g/mol. The number of nitrogens with zero attached hydrogens (tertiary/aromatic N) is 1. The summed E-state index contributed by atoms with van der Waals surface area (Å²) >= 11 is 0. The number of carbonyl (C=O) groups excluding carboxylic acids is 1. The van der Waals surface area contributed by atoms with E-state index in [0.29, 0.717) is 31.4 Å². The van der Waals surface area contributed by atoms with Crippen molar-refractivity contribution in [2.24, 2.45) is 0 Å². The Morgan fingerprint density at radius 3 is 2.15 bits per heavy atom. The molecule has 3 N–H and O–H groups in total. The molecule has 1 aliphatic carbocycles. The highest BCUT2D eigenvalue weighted by Crippen LogP contribution is 2.51. The summed E-state index contributed by atoms with van der Waals surface area (Å²) in [7, 11) is -4.60. The third-order valence-corrected chi connectivity index (χ3v) is 9.13. The van der Waals surface area contributed by atoms with Gasteiger partial charge in [0.2, 0.25) is 5.91 Å². The minimum Gasteiger partial charge on any atom is -0.391 e. The lowest BCUT2D eigenvalue weighted by molar-refractivity contribution is -0.376. The number of hydrogen-bond donors (Lipinski definition) is 3. The third-order valence-electron chi connectivity index (χ3n) is 7.25. The molecule has 0 bridgehead atoms. The Balaban J connectivity index is 1.77. The van der Waals surface area contributed by atoms with Crippen molar-refractivity contribution in [1.29, 1.82) is 0 Å². The minimum absolute atomic E-state index is 0.173. The van der Waals surface area contributed by atoms with E-state index in [1.54, 1.807) is 0 Å². The molecule has 2 aromatic rings. The van der Waals surface area contributed by atoms with E-state index in [-0.39, 0.29) is 24.1 Å². The van der Waals surface area contributed by atoms with Crippen LogP contribution >= 0.6 is 0 Å². The van der Waals surface area contributed by atoms with Gasteiger partial charge >= 0.3 is 12.4 Å². The second kappa shape index (κ2) is 10.5. The molecule has 4 rings (SSSR count). The Morgan fingerprint density at radius 2 is 1.60 bits per heavy atom. The zero-order valence-corrected chi connectivity index (χ0v) is 21.5. The van der Waals surface area contributed by atoms with E-state index >= 15 is 0 Å². The van der Waals surface area contributed by atoms with Crippen LogP contribution in [0.4, 0.5) is 36.4 Å². The van der Waals surface area contributed by atoms with Crippen LogP contribution in [0.15, 0.2) is 47.4 Å². The van der Waals surface area contributed by atoms with Crippen LogP contribution < -0.4 is 9.62 Å². The number of halogens is 7. The summed E-state index contributed by atoms with van der Waals surface area (Å²) in [6, 6.07) is 3.44. The first-order chi connectivity index (χ1) is 18.5. The Labute approximate surface area is 224 Å². The highest BCUT2D eigenvalue weighted by Gasteiger charge is 2.71. The zero-order valence-electron chi connectivity index (χ0n) is 20.6. The zero-order chi connectivity index (χ0) is 29.7. The molecule has 1 aliphatic heterocycles. The monoisotopic (exact) mass is 598 g/mol. The maximum absolute atomic E-state index is 13.7. The summed E-state index contributed by atoms with van der Waals surface area (Å²) in [5.41, 5.74) is -7.28. The maximum Gasteiger partial charge on any atom is 0.430 e. The number of fused-ring (bicyclic) bond motifs is 1. The lowest BCUT2D eigenvalue weighted by atomic mass is 9.87. The van der Waals surface area contributed by atoms with Gasteiger partial charge in [0.05, 0.1) is 28.8 Å². The summed E-state index contributed by atoms with van der Waals surface area (Å²) in [6.45, 7) is 0. The second-order valence-corrected chi connectivity index (χ2v) is 11.7. The van der Waals surface area contributed by atoms with Crippen LogP contribution in [0.1, 0.15) is 43.2 Å². The number of hydrogen-bond acceptors (Lipinski definition) is 5. The van der Waals surface area contributed by atoms with Crippen molar-refractivity contribution in [3.05, 3.63) is 59.4 Å². The Morgan fingerprint density at radius 1 is 0.975 bits per heavy atom. The van der Waals surface area contributed by atoms with Crippen molar-refractivity contribution < 1.29 is 54.2 Å². The number of anilines is 1. The van der Waals surface area contributed by atoms with Crippen LogP contribution in [0.3, 0.4) is 0 Å². The van der Waals surface area contributed by atoms with Crippen LogP contribution in [0, 0.1) is 5.82 Å². The highest BCUT2D eigenvalue weighted by atomic mass is 32.2. The number of sulfonamides is 1. The van der Waals surface area contributed by atoms with Gasteiger partial charge in [0.25, 0.3) is 15.6 Å². The van der Waals surface area contributed by atoms with Gasteiger partial charge in [-0.15, -0.1) is 0 Å². The average Bonchev–Trinajstić information content (AvgIpc) is 3.25. The number of benzene rings is 2. The first kappa shape index (κ1) is 30.1. The van der Waals surface area contributed by atoms with E-state index in [1.165, 1.54) is 0 Å². The van der Waals surface area contributed by atoms with Gasteiger partial charge in [-0.3, -0.25) is 9.10 Å². The van der Waals surface area contributed by atoms with Gasteiger partial charge in [0.1, 0.15) is 5.82 Å². The summed E-state index contributed by atoms with van der Waals surface area (Å²) in [5, 5.41) is 22.5. The Bertz CT molecular complexity index is 1350. The van der Waals surface area contributed by atoms with Crippen LogP contribution in [0.5, 0.6) is 0 Å². The molecule has 15 heteroatoms. The van der Waals surface area contributed by atoms with Crippen molar-refractivity contribution in [2.45, 2.75) is 79.6 Å². The fraction of sp³-hybridized carbons (Fsp3) is 0.480. The lowest BCUT2D eigenvalue weighted by Gasteiger charge is -2.39. The molecule has 1 fully saturated rings. The molecule has 220 valence electrons. The SMILES string of the molecule is O=C(C[C@@H]1CCc2cc(C(O)(C(F)(F)F)C(F)(F)F)ccc2N1S(=O)(=O)c1ccc(F)cc1)N[C@H]1CCC[C@H]1O. The van der Waals surface area contributed by atoms with E-state index in [0.717, 1.165) is 34.6 Å². The number of amides is 1. The van der Waals surface area contributed by atoms with E-state index < -0.39 is 74.8 Å². The van der Waals surface area contributed by atoms with Crippen molar-refractivity contribution >= 4 is 21.6 Å². The standard InChI is InChI=1S/C25H25F7N2O5S/c26-16-6-9-18(10-7-16)40(38,39)34-17(13-22(36)33-19-2-1-3-21(19)35)8-4-14-12-15(5-11-20(14)34)23(37,24(27,28)29)25(30,31)32/h5-7,9-12,17,19,21,35,37H,1-4,8,13H2,(H,33,36)/t17-,19-,21+/m0/s1. The molecule has 1 saturated carbocycles. The van der Waals surface area contributed by atoms with Gasteiger partial charge in [-0.2, -0.15) is 26.3 Å². The summed E-state index contributed by atoms with van der Waals surface area (Å²) < 4.78 is 122. The van der Waals surface area contributed by atoms with Crippen molar-refractivity contribution in [3.8, 4) is 0 Å². The van der Waals surface area contributed by atoms with Crippen LogP contribution in [0.25, 0.3) is 0 Å². The number of aliphatic hydroxyl groups is 2. The smallest absolute Gasteiger partial charge is 0.391 e. The Kier molecular flexibility index (Phi) is 7.88. The summed E-state index contributed by atoms with van der Waals surface area (Å²) in [5.74, 6) is -1.37. The normalized spacial score (nSPS) is 22.2. The van der Waals surface area contributed by atoms with Gasteiger partial charge in [0.15, 0.2) is 0 Å². The van der Waals surface area contributed by atoms with E-state index in [2.05, 4.69) is 5.32 Å². The first-order valence-electron chi connectivity index (χ1n) is 12.2. The topological polar surface area (TPSA) is 107 Å². The van der Waals surface area contributed by atoms with Gasteiger partial charge in [0, 0.05) is 12.0 Å². The molecule has 0 spiro atoms. The molecule has 0 unspecified atom stereocenters. The summed E-state index contributed by atoms with van der Waals surface area (Å²) in [4.78, 5) is 12.4. The van der Waals surface area contributed by atoms with Crippen LogP contribution in [0.2, 0.25) is 0 Å². The largest absolute Gasteiger partial charge is 0.430 e. The number of aryl methyl sites for hydroxylation is 1. The predicted molar refractivity (Wildman–Crippen MR) is 127 cm³/mol. The van der Waals surface area contributed by atoms with Crippen LogP contribution in [-0.2, 0) is 26.8 Å². The molecule has 0 radical (unpaired) electrons. The second-order valence-electron chi connectivity index (χ2n) is 9.87. The van der Waals surface area contributed by atoms with Crippen LogP contribution in [-0.4, -0.2) is 55.1 Å². The number of alkyl halides is 6.